The van der Waals surface area contributed by atoms with E-state index in [0.717, 1.165) is 37.3 Å². The number of aromatic nitrogens is 3. The SMILES string of the molecule is Clc1ccc(COc2ccccc2C=NNc2nc(N3CCOCC3)nc(N3CCOCC3)n2)c(Cl)c1. The summed E-state index contributed by atoms with van der Waals surface area (Å²) in [7, 11) is 0. The van der Waals surface area contributed by atoms with Gasteiger partial charge in [0.25, 0.3) is 0 Å². The summed E-state index contributed by atoms with van der Waals surface area (Å²) in [5.41, 5.74) is 4.60. The molecule has 0 radical (unpaired) electrons. The van der Waals surface area contributed by atoms with Crippen LogP contribution in [0.3, 0.4) is 0 Å². The lowest BCUT2D eigenvalue weighted by molar-refractivity contribution is 0.121. The van der Waals surface area contributed by atoms with Crippen molar-refractivity contribution in [3.8, 4) is 5.75 Å². The zero-order chi connectivity index (χ0) is 25.5. The number of benzene rings is 2. The highest BCUT2D eigenvalue weighted by Crippen LogP contribution is 2.24. The molecule has 2 aromatic carbocycles. The third-order valence-electron chi connectivity index (χ3n) is 5.89. The summed E-state index contributed by atoms with van der Waals surface area (Å²) >= 11 is 12.3. The van der Waals surface area contributed by atoms with Gasteiger partial charge in [0.05, 0.1) is 32.6 Å². The second-order valence-corrected chi connectivity index (χ2v) is 9.23. The van der Waals surface area contributed by atoms with Crippen molar-refractivity contribution in [2.24, 2.45) is 5.10 Å². The molecule has 2 aliphatic rings. The Morgan fingerprint density at radius 1 is 0.892 bits per heavy atom. The molecule has 2 aliphatic heterocycles. The number of hydrazone groups is 1. The second-order valence-electron chi connectivity index (χ2n) is 8.39. The van der Waals surface area contributed by atoms with Crippen LogP contribution in [0, 0.1) is 0 Å². The summed E-state index contributed by atoms with van der Waals surface area (Å²) in [5, 5.41) is 5.53. The van der Waals surface area contributed by atoms with Crippen LogP contribution in [-0.4, -0.2) is 73.8 Å². The van der Waals surface area contributed by atoms with Gasteiger partial charge in [0.15, 0.2) is 0 Å². The molecular formula is C25H27Cl2N7O3. The lowest BCUT2D eigenvalue weighted by Crippen LogP contribution is -2.40. The molecule has 1 N–H and O–H groups in total. The quantitative estimate of drug-likeness (QED) is 0.335. The van der Waals surface area contributed by atoms with Crippen molar-refractivity contribution >= 4 is 47.3 Å². The average molecular weight is 544 g/mol. The number of morpholine rings is 2. The van der Waals surface area contributed by atoms with Gasteiger partial charge in [-0.25, -0.2) is 5.43 Å². The molecule has 2 fully saturated rings. The van der Waals surface area contributed by atoms with Crippen molar-refractivity contribution in [1.82, 2.24) is 15.0 Å². The molecule has 37 heavy (non-hydrogen) atoms. The van der Waals surface area contributed by atoms with Crippen LogP contribution >= 0.6 is 23.2 Å². The van der Waals surface area contributed by atoms with Gasteiger partial charge in [0.2, 0.25) is 17.8 Å². The first-order valence-electron chi connectivity index (χ1n) is 12.0. The Labute approximate surface area is 225 Å². The smallest absolute Gasteiger partial charge is 0.250 e. The molecular weight excluding hydrogens is 517 g/mol. The van der Waals surface area contributed by atoms with Crippen molar-refractivity contribution < 1.29 is 14.2 Å². The highest BCUT2D eigenvalue weighted by atomic mass is 35.5. The molecule has 0 aliphatic carbocycles. The number of ether oxygens (including phenoxy) is 3. The van der Waals surface area contributed by atoms with Crippen molar-refractivity contribution in [2.45, 2.75) is 6.61 Å². The Balaban J connectivity index is 1.31. The van der Waals surface area contributed by atoms with Crippen LogP contribution in [0.5, 0.6) is 5.75 Å². The van der Waals surface area contributed by atoms with Crippen LogP contribution in [0.4, 0.5) is 17.8 Å². The fraction of sp³-hybridized carbons (Fsp3) is 0.360. The minimum Gasteiger partial charge on any atom is -0.488 e. The fourth-order valence-corrected chi connectivity index (χ4v) is 4.35. The topological polar surface area (TPSA) is 97.2 Å². The monoisotopic (exact) mass is 543 g/mol. The molecule has 3 heterocycles. The first-order valence-corrected chi connectivity index (χ1v) is 12.8. The van der Waals surface area contributed by atoms with E-state index in [4.69, 9.17) is 42.4 Å². The van der Waals surface area contributed by atoms with E-state index in [9.17, 15) is 0 Å². The van der Waals surface area contributed by atoms with Crippen molar-refractivity contribution in [2.75, 3.05) is 67.8 Å². The molecule has 10 nitrogen and oxygen atoms in total. The van der Waals surface area contributed by atoms with E-state index in [2.05, 4.69) is 30.3 Å². The van der Waals surface area contributed by atoms with E-state index in [1.54, 1.807) is 18.3 Å². The van der Waals surface area contributed by atoms with Gasteiger partial charge < -0.3 is 24.0 Å². The maximum Gasteiger partial charge on any atom is 0.250 e. The highest BCUT2D eigenvalue weighted by molar-refractivity contribution is 6.35. The molecule has 12 heteroatoms. The highest BCUT2D eigenvalue weighted by Gasteiger charge is 2.20. The lowest BCUT2D eigenvalue weighted by Gasteiger charge is -2.30. The second kappa shape index (κ2) is 12.4. The molecule has 0 bridgehead atoms. The van der Waals surface area contributed by atoms with Crippen molar-refractivity contribution in [1.29, 1.82) is 0 Å². The lowest BCUT2D eigenvalue weighted by atomic mass is 10.2. The fourth-order valence-electron chi connectivity index (χ4n) is 3.89. The van der Waals surface area contributed by atoms with Gasteiger partial charge >= 0.3 is 0 Å². The number of nitrogens with one attached hydrogen (secondary N) is 1. The van der Waals surface area contributed by atoms with Gasteiger partial charge in [-0.3, -0.25) is 0 Å². The molecule has 0 spiro atoms. The Morgan fingerprint density at radius 3 is 2.19 bits per heavy atom. The number of para-hydroxylation sites is 1. The molecule has 0 saturated carbocycles. The Morgan fingerprint density at radius 2 is 1.54 bits per heavy atom. The normalized spacial score (nSPS) is 16.3. The summed E-state index contributed by atoms with van der Waals surface area (Å²) in [5.74, 6) is 2.22. The van der Waals surface area contributed by atoms with Gasteiger partial charge in [0.1, 0.15) is 12.4 Å². The van der Waals surface area contributed by atoms with Crippen LogP contribution in [-0.2, 0) is 16.1 Å². The summed E-state index contributed by atoms with van der Waals surface area (Å²) in [4.78, 5) is 18.1. The maximum atomic E-state index is 6.28. The minimum absolute atomic E-state index is 0.299. The molecule has 194 valence electrons. The van der Waals surface area contributed by atoms with Gasteiger partial charge in [-0.2, -0.15) is 20.1 Å². The molecule has 3 aromatic rings. The number of anilines is 3. The summed E-state index contributed by atoms with van der Waals surface area (Å²) in [6, 6.07) is 12.9. The van der Waals surface area contributed by atoms with E-state index in [1.165, 1.54) is 0 Å². The summed E-state index contributed by atoms with van der Waals surface area (Å²) in [6.07, 6.45) is 1.67. The van der Waals surface area contributed by atoms with E-state index >= 15 is 0 Å². The molecule has 0 amide bonds. The third-order valence-corrected chi connectivity index (χ3v) is 6.47. The summed E-state index contributed by atoms with van der Waals surface area (Å²) < 4.78 is 17.0. The number of hydrogen-bond acceptors (Lipinski definition) is 10. The van der Waals surface area contributed by atoms with Gasteiger partial charge in [0, 0.05) is 47.4 Å². The maximum absolute atomic E-state index is 6.28. The van der Waals surface area contributed by atoms with E-state index in [-0.39, 0.29) is 0 Å². The van der Waals surface area contributed by atoms with Crippen LogP contribution in [0.2, 0.25) is 10.0 Å². The van der Waals surface area contributed by atoms with E-state index in [0.29, 0.717) is 66.7 Å². The van der Waals surface area contributed by atoms with Crippen LogP contribution < -0.4 is 20.0 Å². The van der Waals surface area contributed by atoms with Crippen LogP contribution in [0.1, 0.15) is 11.1 Å². The van der Waals surface area contributed by atoms with Gasteiger partial charge in [-0.05, 0) is 24.3 Å². The molecule has 1 aromatic heterocycles. The van der Waals surface area contributed by atoms with Crippen LogP contribution in [0.25, 0.3) is 0 Å². The predicted octanol–water partition coefficient (Wildman–Crippen LogP) is 3.88. The molecule has 5 rings (SSSR count). The van der Waals surface area contributed by atoms with Crippen LogP contribution in [0.15, 0.2) is 47.6 Å². The largest absolute Gasteiger partial charge is 0.488 e. The molecule has 2 saturated heterocycles. The third kappa shape index (κ3) is 6.78. The Kier molecular flexibility index (Phi) is 8.52. The Hall–Kier alpha value is -3.18. The van der Waals surface area contributed by atoms with E-state index in [1.807, 2.05) is 30.3 Å². The predicted molar refractivity (Wildman–Crippen MR) is 144 cm³/mol. The van der Waals surface area contributed by atoms with Gasteiger partial charge in [-0.15, -0.1) is 0 Å². The Bertz CT molecular complexity index is 1200. The first-order chi connectivity index (χ1) is 18.2. The zero-order valence-corrected chi connectivity index (χ0v) is 21.7. The molecule has 0 atom stereocenters. The number of nitrogens with zero attached hydrogens (tertiary/aromatic N) is 6. The zero-order valence-electron chi connectivity index (χ0n) is 20.1. The van der Waals surface area contributed by atoms with Crippen molar-refractivity contribution in [3.05, 3.63) is 63.6 Å². The number of halogens is 2. The van der Waals surface area contributed by atoms with Crippen molar-refractivity contribution in [3.63, 3.8) is 0 Å². The summed E-state index contributed by atoms with van der Waals surface area (Å²) in [6.45, 7) is 5.72. The first kappa shape index (κ1) is 25.5. The van der Waals surface area contributed by atoms with Gasteiger partial charge in [-0.1, -0.05) is 41.4 Å². The average Bonchev–Trinajstić information content (AvgIpc) is 2.94. The van der Waals surface area contributed by atoms with E-state index < -0.39 is 0 Å². The standard InChI is InChI=1S/C25H27Cl2N7O3/c26-20-6-5-19(21(27)15-20)17-37-22-4-2-1-3-18(22)16-28-32-23-29-24(33-7-11-35-12-8-33)31-25(30-23)34-9-13-36-14-10-34/h1-6,15-16H,7-14,17H2,(H,29,30,31,32). The molecule has 0 unspecified atom stereocenters. The number of hydrogen-bond donors (Lipinski definition) is 1. The number of rotatable bonds is 8. The minimum atomic E-state index is 0.299.